The van der Waals surface area contributed by atoms with E-state index in [1.54, 1.807) is 0 Å². The number of aryl methyl sites for hydroxylation is 1. The smallest absolute Gasteiger partial charge is 0.407 e. The molecule has 2 aliphatic heterocycles. The van der Waals surface area contributed by atoms with Gasteiger partial charge in [0.15, 0.2) is 0 Å². The molecule has 3 N–H and O–H groups in total. The molecule has 8 rings (SSSR count). The lowest BCUT2D eigenvalue weighted by molar-refractivity contribution is -0.135. The van der Waals surface area contributed by atoms with Gasteiger partial charge >= 0.3 is 6.09 Å². The summed E-state index contributed by atoms with van der Waals surface area (Å²) >= 11 is 0. The van der Waals surface area contributed by atoms with Crippen molar-refractivity contribution in [1.29, 1.82) is 0 Å². The highest BCUT2D eigenvalue weighted by Gasteiger charge is 2.38. The zero-order chi connectivity index (χ0) is 40.9. The molecule has 0 radical (unpaired) electrons. The van der Waals surface area contributed by atoms with Crippen molar-refractivity contribution in [2.45, 2.75) is 96.3 Å². The molecule has 4 atom stereocenters. The van der Waals surface area contributed by atoms with E-state index in [1.807, 2.05) is 42.4 Å². The molecule has 0 spiro atoms. The number of hydrogen-bond donors (Lipinski definition) is 3. The van der Waals surface area contributed by atoms with Gasteiger partial charge in [-0.05, 0) is 85.5 Å². The number of H-pyrrole nitrogens is 2. The number of benzene rings is 1. The Balaban J connectivity index is 0.860. The molecular formula is C46H55N9O4. The molecule has 59 heavy (non-hydrogen) atoms. The largest absolute Gasteiger partial charge is 0.453 e. The van der Waals surface area contributed by atoms with Gasteiger partial charge in [0.1, 0.15) is 17.7 Å². The van der Waals surface area contributed by atoms with Crippen LogP contribution in [0.2, 0.25) is 0 Å². The van der Waals surface area contributed by atoms with Crippen molar-refractivity contribution in [2.75, 3.05) is 20.2 Å². The molecule has 2 saturated heterocycles. The summed E-state index contributed by atoms with van der Waals surface area (Å²) in [6, 6.07) is 7.70. The third-order valence-electron chi connectivity index (χ3n) is 12.2. The van der Waals surface area contributed by atoms with Crippen LogP contribution in [0.25, 0.3) is 22.4 Å². The highest BCUT2D eigenvalue weighted by atomic mass is 16.5. The van der Waals surface area contributed by atoms with Crippen LogP contribution in [-0.4, -0.2) is 83.4 Å². The van der Waals surface area contributed by atoms with Gasteiger partial charge in [0, 0.05) is 32.3 Å². The van der Waals surface area contributed by atoms with Crippen molar-refractivity contribution < 1.29 is 19.1 Å². The first-order chi connectivity index (χ1) is 28.7. The van der Waals surface area contributed by atoms with Crippen LogP contribution in [0.3, 0.4) is 0 Å². The van der Waals surface area contributed by atoms with E-state index in [2.05, 4.69) is 91.8 Å². The predicted molar refractivity (Wildman–Crippen MR) is 226 cm³/mol. The van der Waals surface area contributed by atoms with Crippen LogP contribution < -0.4 is 5.32 Å². The number of likely N-dealkylation sites (tertiary alicyclic amines) is 2. The van der Waals surface area contributed by atoms with Crippen LogP contribution in [0, 0.1) is 11.8 Å². The maximum atomic E-state index is 13.6. The number of methoxy groups -OCH3 is 1. The Morgan fingerprint density at radius 2 is 1.54 bits per heavy atom. The Bertz CT molecular complexity index is 2260. The number of alkyl carbamates (subject to hydrolysis) is 1. The molecule has 4 aromatic rings. The monoisotopic (exact) mass is 797 g/mol. The third kappa shape index (κ3) is 9.04. The van der Waals surface area contributed by atoms with Gasteiger partial charge in [0.25, 0.3) is 0 Å². The fraction of sp³-hybridized carbons (Fsp3) is 0.435. The lowest BCUT2D eigenvalue weighted by Gasteiger charge is -2.30. The summed E-state index contributed by atoms with van der Waals surface area (Å²) in [4.78, 5) is 63.9. The van der Waals surface area contributed by atoms with Gasteiger partial charge in [0.05, 0.1) is 55.0 Å². The maximum absolute atomic E-state index is 13.6. The molecule has 0 bridgehead atoms. The van der Waals surface area contributed by atoms with Crippen LogP contribution >= 0.6 is 0 Å². The van der Waals surface area contributed by atoms with Crippen LogP contribution in [-0.2, 0) is 27.3 Å². The highest BCUT2D eigenvalue weighted by Crippen LogP contribution is 2.36. The second-order valence-electron chi connectivity index (χ2n) is 16.5. The van der Waals surface area contributed by atoms with Crippen molar-refractivity contribution in [1.82, 2.24) is 44.6 Å². The van der Waals surface area contributed by atoms with E-state index < -0.39 is 12.1 Å². The Labute approximate surface area is 345 Å². The van der Waals surface area contributed by atoms with Crippen LogP contribution in [0.5, 0.6) is 0 Å². The van der Waals surface area contributed by atoms with Crippen molar-refractivity contribution in [3.8, 4) is 11.3 Å². The van der Waals surface area contributed by atoms with Gasteiger partial charge < -0.3 is 34.4 Å². The first kappa shape index (κ1) is 39.8. The van der Waals surface area contributed by atoms with E-state index in [1.165, 1.54) is 23.8 Å². The number of imidazole rings is 3. The normalized spacial score (nSPS) is 20.8. The van der Waals surface area contributed by atoms with E-state index in [4.69, 9.17) is 14.7 Å². The zero-order valence-electron chi connectivity index (χ0n) is 34.3. The first-order valence-electron chi connectivity index (χ1n) is 21.1. The lowest BCUT2D eigenvalue weighted by Crippen LogP contribution is -2.51. The average molecular weight is 798 g/mol. The Morgan fingerprint density at radius 1 is 0.864 bits per heavy atom. The molecule has 2 fully saturated rings. The van der Waals surface area contributed by atoms with Gasteiger partial charge in [-0.2, -0.15) is 0 Å². The van der Waals surface area contributed by atoms with Gasteiger partial charge in [0.2, 0.25) is 11.8 Å². The van der Waals surface area contributed by atoms with Crippen LogP contribution in [0.4, 0.5) is 4.79 Å². The molecular weight excluding hydrogens is 743 g/mol. The molecule has 3 amide bonds. The summed E-state index contributed by atoms with van der Waals surface area (Å²) < 4.78 is 6.91. The van der Waals surface area contributed by atoms with Crippen molar-refractivity contribution >= 4 is 29.1 Å². The van der Waals surface area contributed by atoms with Gasteiger partial charge in [-0.25, -0.2) is 19.7 Å². The van der Waals surface area contributed by atoms with Crippen molar-refractivity contribution in [2.24, 2.45) is 11.8 Å². The molecule has 0 saturated carbocycles. The molecule has 13 nitrogen and oxygen atoms in total. The SMILES string of the molecule is COC(=O)N[C@H](C(=O)N1CCC[C@H]1c1ncc(C2=CC=C(c3ccc(-c4cnc([C@@H]5CCCN5C(=O)CCc5cn(CC6C=CC=CC6)cn5)[nH]4)cc3)CC2)[nH]1)C(C)C. The number of aromatic amines is 2. The summed E-state index contributed by atoms with van der Waals surface area (Å²) in [5.41, 5.74) is 7.53. The predicted octanol–water partition coefficient (Wildman–Crippen LogP) is 7.73. The van der Waals surface area contributed by atoms with Gasteiger partial charge in [-0.1, -0.05) is 74.6 Å². The Morgan fingerprint density at radius 3 is 2.24 bits per heavy atom. The standard InChI is InChI=1S/C46H55N9O4/c1-30(2)42(52-46(58)59-3)45(57)55-24-8-12-40(55)44-48-26-38(51-44)35-19-15-33(16-20-35)32-13-17-34(18-14-32)37-25-47-43(50-37)39-11-7-23-54(39)41(56)22-21-36-28-53(29-49-36)27-31-9-5-4-6-10-31/h4-6,9,13-15,17-19,25-26,28-31,39-40,42H,7-8,10-12,16,20-24,27H2,1-3H3,(H,47,50)(H,48,51)(H,52,58)/t31?,39-,40-,42-/m0/s1. The second kappa shape index (κ2) is 17.9. The van der Waals surface area contributed by atoms with E-state index in [0.29, 0.717) is 25.3 Å². The molecule has 3 aromatic heterocycles. The molecule has 5 heterocycles. The molecule has 1 aromatic carbocycles. The summed E-state index contributed by atoms with van der Waals surface area (Å²) in [5, 5.41) is 2.71. The molecule has 308 valence electrons. The lowest BCUT2D eigenvalue weighted by atomic mass is 9.91. The highest BCUT2D eigenvalue weighted by molar-refractivity contribution is 5.86. The Hall–Kier alpha value is -5.98. The number of nitrogens with one attached hydrogen (secondary N) is 3. The van der Waals surface area contributed by atoms with Crippen LogP contribution in [0.15, 0.2) is 85.6 Å². The zero-order valence-corrected chi connectivity index (χ0v) is 34.3. The van der Waals surface area contributed by atoms with Crippen molar-refractivity contribution in [3.63, 3.8) is 0 Å². The van der Waals surface area contributed by atoms with Crippen LogP contribution in [0.1, 0.15) is 106 Å². The maximum Gasteiger partial charge on any atom is 0.407 e. The topological polar surface area (TPSA) is 154 Å². The number of aromatic nitrogens is 6. The minimum atomic E-state index is -0.668. The Kier molecular flexibility index (Phi) is 12.1. The van der Waals surface area contributed by atoms with E-state index in [9.17, 15) is 14.4 Å². The van der Waals surface area contributed by atoms with E-state index in [0.717, 1.165) is 92.3 Å². The summed E-state index contributed by atoms with van der Waals surface area (Å²) in [6.45, 7) is 6.09. The fourth-order valence-electron chi connectivity index (χ4n) is 8.88. The first-order valence-corrected chi connectivity index (χ1v) is 21.1. The van der Waals surface area contributed by atoms with E-state index >= 15 is 0 Å². The third-order valence-corrected chi connectivity index (χ3v) is 12.2. The average Bonchev–Trinajstić information content (AvgIpc) is 4.12. The summed E-state index contributed by atoms with van der Waals surface area (Å²) in [6.07, 6.45) is 27.5. The number of allylic oxidation sites excluding steroid dienone is 8. The van der Waals surface area contributed by atoms with Gasteiger partial charge in [-0.3, -0.25) is 9.59 Å². The number of ether oxygens (including phenoxy) is 1. The second-order valence-corrected chi connectivity index (χ2v) is 16.5. The number of rotatable bonds is 13. The number of carbonyl (C=O) groups excluding carboxylic acids is 3. The molecule has 1 unspecified atom stereocenters. The number of hydrogen-bond acceptors (Lipinski definition) is 7. The van der Waals surface area contributed by atoms with E-state index in [-0.39, 0.29) is 29.8 Å². The molecule has 13 heteroatoms. The number of amides is 3. The molecule has 2 aliphatic carbocycles. The summed E-state index contributed by atoms with van der Waals surface area (Å²) in [7, 11) is 1.30. The quantitative estimate of drug-likeness (QED) is 0.125. The van der Waals surface area contributed by atoms with Gasteiger partial charge in [-0.15, -0.1) is 0 Å². The summed E-state index contributed by atoms with van der Waals surface area (Å²) in [5.74, 6) is 2.04. The fourth-order valence-corrected chi connectivity index (χ4v) is 8.88. The van der Waals surface area contributed by atoms with Crippen molar-refractivity contribution in [3.05, 3.63) is 114 Å². The number of carbonyl (C=O) groups is 3. The number of nitrogens with zero attached hydrogens (tertiary/aromatic N) is 6. The minimum absolute atomic E-state index is 0.0503. The minimum Gasteiger partial charge on any atom is -0.453 e. The molecule has 4 aliphatic rings.